The van der Waals surface area contributed by atoms with Gasteiger partial charge < -0.3 is 14.4 Å². The molecule has 0 radical (unpaired) electrons. The van der Waals surface area contributed by atoms with Gasteiger partial charge in [-0.15, -0.1) is 0 Å². The number of piperazine rings is 1. The molecule has 0 aromatic heterocycles. The summed E-state index contributed by atoms with van der Waals surface area (Å²) in [4.78, 5) is 42.2. The highest BCUT2D eigenvalue weighted by Gasteiger charge is 2.32. The SMILES string of the molecule is CC.O=C1CCN(c2ccc(OCC(=O)N3CCN(CCCCOc4ccc(C5c6ccc(Cc7ccccc7)cc6CCC5c5ccccc5)cc4)CC3)cc2)C(=O)N1. The minimum Gasteiger partial charge on any atom is -0.494 e. The zero-order chi connectivity index (χ0) is 41.7. The van der Waals surface area contributed by atoms with Gasteiger partial charge >= 0.3 is 6.03 Å². The molecule has 5 aromatic rings. The lowest BCUT2D eigenvalue weighted by Gasteiger charge is -2.35. The minimum atomic E-state index is -0.429. The average molecular weight is 807 g/mol. The van der Waals surface area contributed by atoms with Crippen molar-refractivity contribution in [1.29, 1.82) is 0 Å². The van der Waals surface area contributed by atoms with Crippen LogP contribution in [0.3, 0.4) is 0 Å². The number of rotatable bonds is 14. The van der Waals surface area contributed by atoms with Crippen molar-refractivity contribution in [3.63, 3.8) is 0 Å². The van der Waals surface area contributed by atoms with E-state index in [1.54, 1.807) is 24.3 Å². The van der Waals surface area contributed by atoms with Gasteiger partial charge in [-0.2, -0.15) is 0 Å². The maximum Gasteiger partial charge on any atom is 0.328 e. The summed E-state index contributed by atoms with van der Waals surface area (Å²) in [5.74, 6) is 1.88. The van der Waals surface area contributed by atoms with Crippen molar-refractivity contribution >= 4 is 23.5 Å². The molecule has 1 N–H and O–H groups in total. The van der Waals surface area contributed by atoms with Crippen molar-refractivity contribution in [2.75, 3.05) is 57.4 Å². The number of nitrogens with zero attached hydrogens (tertiary/aromatic N) is 3. The number of carbonyl (C=O) groups is 3. The lowest BCUT2D eigenvalue weighted by atomic mass is 9.69. The van der Waals surface area contributed by atoms with Crippen LogP contribution in [0.1, 0.15) is 84.7 Å². The Morgan fingerprint density at radius 1 is 0.683 bits per heavy atom. The summed E-state index contributed by atoms with van der Waals surface area (Å²) in [6.07, 6.45) is 5.43. The Labute approximate surface area is 355 Å². The molecule has 8 rings (SSSR count). The molecule has 0 spiro atoms. The van der Waals surface area contributed by atoms with E-state index in [4.69, 9.17) is 9.47 Å². The summed E-state index contributed by atoms with van der Waals surface area (Å²) >= 11 is 0. The van der Waals surface area contributed by atoms with Gasteiger partial charge in [0.25, 0.3) is 5.91 Å². The van der Waals surface area contributed by atoms with Gasteiger partial charge in [-0.05, 0) is 114 Å². The van der Waals surface area contributed by atoms with Gasteiger partial charge in [-0.3, -0.25) is 24.7 Å². The number of fused-ring (bicyclic) bond motifs is 1. The number of imide groups is 1. The van der Waals surface area contributed by atoms with Gasteiger partial charge in [0.05, 0.1) is 6.61 Å². The molecule has 0 bridgehead atoms. The van der Waals surface area contributed by atoms with Crippen LogP contribution in [0.5, 0.6) is 11.5 Å². The van der Waals surface area contributed by atoms with E-state index in [-0.39, 0.29) is 24.8 Å². The highest BCUT2D eigenvalue weighted by molar-refractivity contribution is 6.05. The van der Waals surface area contributed by atoms with Crippen LogP contribution >= 0.6 is 0 Å². The van der Waals surface area contributed by atoms with Crippen LogP contribution in [-0.2, 0) is 22.4 Å². The first-order chi connectivity index (χ1) is 29.5. The van der Waals surface area contributed by atoms with E-state index >= 15 is 0 Å². The number of amides is 4. The van der Waals surface area contributed by atoms with E-state index in [2.05, 4.69) is 113 Å². The first-order valence-electron chi connectivity index (χ1n) is 21.7. The van der Waals surface area contributed by atoms with Gasteiger partial charge in [0.1, 0.15) is 11.5 Å². The average Bonchev–Trinajstić information content (AvgIpc) is 3.30. The molecule has 2 saturated heterocycles. The van der Waals surface area contributed by atoms with Gasteiger partial charge in [0, 0.05) is 50.7 Å². The van der Waals surface area contributed by atoms with Crippen LogP contribution in [0, 0.1) is 0 Å². The van der Waals surface area contributed by atoms with Crippen molar-refractivity contribution in [2.45, 2.75) is 64.2 Å². The number of anilines is 1. The summed E-state index contributed by atoms with van der Waals surface area (Å²) < 4.78 is 12.0. The van der Waals surface area contributed by atoms with Crippen molar-refractivity contribution in [2.24, 2.45) is 0 Å². The lowest BCUT2D eigenvalue weighted by molar-refractivity contribution is -0.135. The number of hydrogen-bond donors (Lipinski definition) is 1. The lowest BCUT2D eigenvalue weighted by Crippen LogP contribution is -2.50. The Morgan fingerprint density at radius 2 is 1.37 bits per heavy atom. The second-order valence-electron chi connectivity index (χ2n) is 15.6. The molecule has 1 aliphatic carbocycles. The molecular weight excluding hydrogens is 749 g/mol. The molecule has 2 aliphatic heterocycles. The molecule has 2 heterocycles. The van der Waals surface area contributed by atoms with Gasteiger partial charge in [0.2, 0.25) is 5.91 Å². The van der Waals surface area contributed by atoms with Crippen LogP contribution < -0.4 is 19.7 Å². The maximum atomic E-state index is 12.9. The zero-order valence-electron chi connectivity index (χ0n) is 35.1. The van der Waals surface area contributed by atoms with Crippen LogP contribution in [0.15, 0.2) is 127 Å². The van der Waals surface area contributed by atoms with Gasteiger partial charge in [-0.25, -0.2) is 4.79 Å². The fraction of sp³-hybridized carbons (Fsp3) is 0.353. The summed E-state index contributed by atoms with van der Waals surface area (Å²) in [6, 6.07) is 44.3. The molecule has 9 nitrogen and oxygen atoms in total. The normalized spacial score (nSPS) is 17.8. The van der Waals surface area contributed by atoms with Crippen LogP contribution in [0.2, 0.25) is 0 Å². The summed E-state index contributed by atoms with van der Waals surface area (Å²) in [5, 5.41) is 2.32. The molecule has 5 aromatic carbocycles. The molecule has 3 aliphatic rings. The Bertz CT molecular complexity index is 2150. The molecular formula is C51H58N4O5. The number of benzene rings is 5. The fourth-order valence-corrected chi connectivity index (χ4v) is 8.68. The predicted molar refractivity (Wildman–Crippen MR) is 238 cm³/mol. The number of urea groups is 1. The predicted octanol–water partition coefficient (Wildman–Crippen LogP) is 8.99. The second kappa shape index (κ2) is 20.9. The highest BCUT2D eigenvalue weighted by atomic mass is 16.5. The highest BCUT2D eigenvalue weighted by Crippen LogP contribution is 2.46. The quantitative estimate of drug-likeness (QED) is 0.113. The molecule has 60 heavy (non-hydrogen) atoms. The van der Waals surface area contributed by atoms with Crippen molar-refractivity contribution in [1.82, 2.24) is 15.1 Å². The minimum absolute atomic E-state index is 0.0338. The van der Waals surface area contributed by atoms with Gasteiger partial charge in [-0.1, -0.05) is 105 Å². The molecule has 9 heteroatoms. The summed E-state index contributed by atoms with van der Waals surface area (Å²) in [6.45, 7) is 8.99. The Hall–Kier alpha value is -5.93. The number of aryl methyl sites for hydroxylation is 1. The molecule has 2 unspecified atom stereocenters. The van der Waals surface area contributed by atoms with E-state index in [1.807, 2.05) is 18.7 Å². The van der Waals surface area contributed by atoms with Crippen molar-refractivity contribution < 1.29 is 23.9 Å². The fourth-order valence-electron chi connectivity index (χ4n) is 8.68. The molecule has 0 saturated carbocycles. The van der Waals surface area contributed by atoms with Crippen molar-refractivity contribution in [3.8, 4) is 11.5 Å². The summed E-state index contributed by atoms with van der Waals surface area (Å²) in [7, 11) is 0. The van der Waals surface area contributed by atoms with E-state index in [1.165, 1.54) is 38.3 Å². The largest absolute Gasteiger partial charge is 0.494 e. The van der Waals surface area contributed by atoms with E-state index in [0.29, 0.717) is 49.5 Å². The third-order valence-corrected chi connectivity index (χ3v) is 11.8. The standard InChI is InChI=1S/C49H52N4O5.C2H6/c54-46-25-27-53(49(56)50-46)41-17-21-43(22-18-41)58-35-47(55)52-30-28-51(29-31-52)26-7-8-32-57-42-19-14-39(15-20-42)48-44(38-11-5-2-6-12-38)24-16-40-34-37(13-23-45(40)48)33-36-9-3-1-4-10-36;1-2/h1-6,9-15,17-23,34,44,48H,7-8,16,24-33,35H2,(H,50,54,56);1-2H3. The van der Waals surface area contributed by atoms with Crippen LogP contribution in [-0.4, -0.2) is 80.1 Å². The molecule has 4 amide bonds. The summed E-state index contributed by atoms with van der Waals surface area (Å²) in [5.41, 5.74) is 9.04. The first-order valence-corrected chi connectivity index (χ1v) is 21.7. The number of hydrogen-bond acceptors (Lipinski definition) is 6. The van der Waals surface area contributed by atoms with Crippen molar-refractivity contribution in [3.05, 3.63) is 161 Å². The Kier molecular flexibility index (Phi) is 14.7. The third-order valence-electron chi connectivity index (χ3n) is 11.8. The third kappa shape index (κ3) is 10.8. The molecule has 2 atom stereocenters. The monoisotopic (exact) mass is 806 g/mol. The number of unbranched alkanes of at least 4 members (excludes halogenated alkanes) is 1. The maximum absolute atomic E-state index is 12.9. The zero-order valence-corrected chi connectivity index (χ0v) is 35.1. The Morgan fingerprint density at radius 3 is 2.08 bits per heavy atom. The smallest absolute Gasteiger partial charge is 0.328 e. The van der Waals surface area contributed by atoms with Crippen LogP contribution in [0.25, 0.3) is 0 Å². The topological polar surface area (TPSA) is 91.4 Å². The number of nitrogens with one attached hydrogen (secondary N) is 1. The van der Waals surface area contributed by atoms with Crippen LogP contribution in [0.4, 0.5) is 10.5 Å². The van der Waals surface area contributed by atoms with Gasteiger partial charge in [0.15, 0.2) is 6.61 Å². The molecule has 2 fully saturated rings. The number of carbonyl (C=O) groups excluding carboxylic acids is 3. The Balaban J connectivity index is 0.00000268. The molecule has 312 valence electrons. The van der Waals surface area contributed by atoms with E-state index in [9.17, 15) is 14.4 Å². The first kappa shape index (κ1) is 42.2. The number of ether oxygens (including phenoxy) is 2. The van der Waals surface area contributed by atoms with E-state index in [0.717, 1.165) is 57.5 Å². The second-order valence-corrected chi connectivity index (χ2v) is 15.6. The van der Waals surface area contributed by atoms with E-state index < -0.39 is 6.03 Å².